The molecule has 1 saturated heterocycles. The van der Waals surface area contributed by atoms with Crippen LogP contribution in [0, 0.1) is 0 Å². The number of hydrogen-bond acceptors (Lipinski definition) is 3. The molecular formula is C14H24N2S. The van der Waals surface area contributed by atoms with Crippen LogP contribution in [0.1, 0.15) is 44.0 Å². The van der Waals surface area contributed by atoms with Crippen molar-refractivity contribution in [2.24, 2.45) is 0 Å². The van der Waals surface area contributed by atoms with Crippen molar-refractivity contribution < 1.29 is 0 Å². The Kier molecular flexibility index (Phi) is 4.23. The monoisotopic (exact) mass is 252 g/mol. The molecule has 0 bridgehead atoms. The van der Waals surface area contributed by atoms with Crippen molar-refractivity contribution in [2.75, 3.05) is 20.1 Å². The number of likely N-dealkylation sites (tertiary alicyclic amines) is 1. The summed E-state index contributed by atoms with van der Waals surface area (Å²) >= 11 is 1.90. The molecule has 1 aliphatic heterocycles. The van der Waals surface area contributed by atoms with Gasteiger partial charge in [-0.1, -0.05) is 13.0 Å². The molecule has 1 fully saturated rings. The second-order valence-corrected chi connectivity index (χ2v) is 6.27. The van der Waals surface area contributed by atoms with Crippen molar-refractivity contribution in [3.05, 3.63) is 22.4 Å². The first-order valence-electron chi connectivity index (χ1n) is 6.65. The molecule has 1 aromatic rings. The second kappa shape index (κ2) is 5.51. The lowest BCUT2D eigenvalue weighted by Gasteiger charge is -2.42. The molecule has 2 heterocycles. The Bertz CT molecular complexity index is 326. The van der Waals surface area contributed by atoms with E-state index in [1.807, 2.05) is 11.3 Å². The van der Waals surface area contributed by atoms with Gasteiger partial charge in [-0.05, 0) is 44.7 Å². The molecule has 17 heavy (non-hydrogen) atoms. The Morgan fingerprint density at radius 1 is 1.47 bits per heavy atom. The largest absolute Gasteiger partial charge is 0.314 e. The summed E-state index contributed by atoms with van der Waals surface area (Å²) in [6.07, 6.45) is 3.73. The van der Waals surface area contributed by atoms with Crippen LogP contribution in [0.5, 0.6) is 0 Å². The highest BCUT2D eigenvalue weighted by Gasteiger charge is 2.31. The molecule has 1 unspecified atom stereocenters. The maximum Gasteiger partial charge on any atom is 0.0438 e. The number of rotatable bonds is 4. The summed E-state index contributed by atoms with van der Waals surface area (Å²) in [5, 5.41) is 5.66. The first-order chi connectivity index (χ1) is 8.18. The summed E-state index contributed by atoms with van der Waals surface area (Å²) in [5.74, 6) is 0. The van der Waals surface area contributed by atoms with Crippen LogP contribution in [-0.2, 0) is 0 Å². The van der Waals surface area contributed by atoms with Crippen molar-refractivity contribution in [1.29, 1.82) is 0 Å². The fourth-order valence-corrected chi connectivity index (χ4v) is 3.64. The van der Waals surface area contributed by atoms with Crippen molar-refractivity contribution >= 4 is 11.3 Å². The van der Waals surface area contributed by atoms with Crippen LogP contribution in [0.2, 0.25) is 0 Å². The summed E-state index contributed by atoms with van der Waals surface area (Å²) < 4.78 is 0. The average Bonchev–Trinajstić information content (AvgIpc) is 2.87. The predicted molar refractivity (Wildman–Crippen MR) is 75.6 cm³/mol. The van der Waals surface area contributed by atoms with Gasteiger partial charge in [0.15, 0.2) is 0 Å². The Balaban J connectivity index is 2.00. The van der Waals surface area contributed by atoms with Crippen molar-refractivity contribution in [3.63, 3.8) is 0 Å². The van der Waals surface area contributed by atoms with Gasteiger partial charge < -0.3 is 5.32 Å². The molecule has 0 amide bonds. The van der Waals surface area contributed by atoms with E-state index in [9.17, 15) is 0 Å². The van der Waals surface area contributed by atoms with E-state index in [-0.39, 0.29) is 0 Å². The van der Waals surface area contributed by atoms with E-state index in [0.29, 0.717) is 11.6 Å². The van der Waals surface area contributed by atoms with Crippen LogP contribution < -0.4 is 5.32 Å². The van der Waals surface area contributed by atoms with Crippen LogP contribution in [0.3, 0.4) is 0 Å². The minimum absolute atomic E-state index is 0.351. The number of hydrogen-bond donors (Lipinski definition) is 1. The fourth-order valence-electron chi connectivity index (χ4n) is 2.70. The van der Waals surface area contributed by atoms with Crippen molar-refractivity contribution in [3.8, 4) is 0 Å². The molecule has 3 heteroatoms. The van der Waals surface area contributed by atoms with Gasteiger partial charge in [0.2, 0.25) is 0 Å². The molecule has 96 valence electrons. The minimum Gasteiger partial charge on any atom is -0.314 e. The van der Waals surface area contributed by atoms with Crippen LogP contribution in [0.15, 0.2) is 17.5 Å². The summed E-state index contributed by atoms with van der Waals surface area (Å²) in [6.45, 7) is 7.08. The molecule has 2 nitrogen and oxygen atoms in total. The van der Waals surface area contributed by atoms with E-state index >= 15 is 0 Å². The number of nitrogens with one attached hydrogen (secondary N) is 1. The van der Waals surface area contributed by atoms with Crippen LogP contribution in [0.25, 0.3) is 0 Å². The van der Waals surface area contributed by atoms with Crippen LogP contribution >= 0.6 is 11.3 Å². The topological polar surface area (TPSA) is 15.3 Å². The molecule has 0 radical (unpaired) electrons. The lowest BCUT2D eigenvalue weighted by Crippen LogP contribution is -2.50. The van der Waals surface area contributed by atoms with E-state index < -0.39 is 0 Å². The smallest absolute Gasteiger partial charge is 0.0438 e. The molecule has 0 saturated carbocycles. The summed E-state index contributed by atoms with van der Waals surface area (Å²) in [6, 6.07) is 5.09. The van der Waals surface area contributed by atoms with E-state index in [0.717, 1.165) is 0 Å². The molecule has 1 aliphatic rings. The Hall–Kier alpha value is -0.380. The Morgan fingerprint density at radius 3 is 2.65 bits per heavy atom. The van der Waals surface area contributed by atoms with Crippen LogP contribution in [0.4, 0.5) is 0 Å². The predicted octanol–water partition coefficient (Wildman–Crippen LogP) is 3.27. The molecule has 1 N–H and O–H groups in total. The molecule has 0 aliphatic carbocycles. The normalized spacial score (nSPS) is 22.5. The minimum atomic E-state index is 0.351. The van der Waals surface area contributed by atoms with Gasteiger partial charge in [0, 0.05) is 29.5 Å². The van der Waals surface area contributed by atoms with Gasteiger partial charge in [0.1, 0.15) is 0 Å². The number of piperidine rings is 1. The Labute approximate surface area is 109 Å². The van der Waals surface area contributed by atoms with Gasteiger partial charge in [-0.3, -0.25) is 4.90 Å². The zero-order chi connectivity index (χ0) is 12.3. The molecule has 2 rings (SSSR count). The highest BCUT2D eigenvalue weighted by Crippen LogP contribution is 2.32. The lowest BCUT2D eigenvalue weighted by molar-refractivity contribution is 0.109. The summed E-state index contributed by atoms with van der Waals surface area (Å²) in [5.41, 5.74) is 0.351. The third-order valence-corrected chi connectivity index (χ3v) is 5.18. The third kappa shape index (κ3) is 2.90. The summed E-state index contributed by atoms with van der Waals surface area (Å²) in [4.78, 5) is 4.19. The zero-order valence-electron chi connectivity index (χ0n) is 11.2. The molecule has 1 atom stereocenters. The highest BCUT2D eigenvalue weighted by atomic mass is 32.1. The van der Waals surface area contributed by atoms with E-state index in [1.165, 1.54) is 37.2 Å². The third-order valence-electron chi connectivity index (χ3n) is 4.20. The number of thiophene rings is 1. The van der Waals surface area contributed by atoms with Gasteiger partial charge in [-0.2, -0.15) is 0 Å². The van der Waals surface area contributed by atoms with Gasteiger partial charge in [-0.25, -0.2) is 0 Å². The maximum atomic E-state index is 3.47. The summed E-state index contributed by atoms with van der Waals surface area (Å²) in [7, 11) is 2.09. The van der Waals surface area contributed by atoms with E-state index in [4.69, 9.17) is 0 Å². The first kappa shape index (κ1) is 13.1. The standard InChI is InChI=1S/C14H24N2S/c1-4-12(13-6-5-11-17-13)16-9-7-14(2,15-3)8-10-16/h5-6,11-12,15H,4,7-10H2,1-3H3. The Morgan fingerprint density at radius 2 is 2.18 bits per heavy atom. The van der Waals surface area contributed by atoms with Crippen molar-refractivity contribution in [1.82, 2.24) is 10.2 Å². The van der Waals surface area contributed by atoms with Gasteiger partial charge in [0.25, 0.3) is 0 Å². The van der Waals surface area contributed by atoms with Gasteiger partial charge in [0.05, 0.1) is 0 Å². The zero-order valence-corrected chi connectivity index (χ0v) is 12.0. The van der Waals surface area contributed by atoms with Gasteiger partial charge >= 0.3 is 0 Å². The van der Waals surface area contributed by atoms with E-state index in [2.05, 4.69) is 48.6 Å². The molecule has 0 aromatic carbocycles. The van der Waals surface area contributed by atoms with Crippen molar-refractivity contribution in [2.45, 2.75) is 44.7 Å². The fraction of sp³-hybridized carbons (Fsp3) is 0.714. The molecule has 0 spiro atoms. The number of nitrogens with zero attached hydrogens (tertiary/aromatic N) is 1. The molecular weight excluding hydrogens is 228 g/mol. The quantitative estimate of drug-likeness (QED) is 0.885. The highest BCUT2D eigenvalue weighted by molar-refractivity contribution is 7.10. The second-order valence-electron chi connectivity index (χ2n) is 5.29. The SMILES string of the molecule is CCC(c1cccs1)N1CCC(C)(NC)CC1. The van der Waals surface area contributed by atoms with Gasteiger partial charge in [-0.15, -0.1) is 11.3 Å². The first-order valence-corrected chi connectivity index (χ1v) is 7.53. The van der Waals surface area contributed by atoms with E-state index in [1.54, 1.807) is 0 Å². The molecule has 1 aromatic heterocycles. The average molecular weight is 252 g/mol. The van der Waals surface area contributed by atoms with Crippen LogP contribution in [-0.4, -0.2) is 30.6 Å². The maximum absolute atomic E-state index is 3.47. The lowest BCUT2D eigenvalue weighted by atomic mass is 9.89.